The molecule has 1 unspecified atom stereocenters. The number of aliphatic imine (C=N–C) groups is 1. The zero-order valence-corrected chi connectivity index (χ0v) is 18.4. The first-order valence-electron chi connectivity index (χ1n) is 11.4. The van der Waals surface area contributed by atoms with E-state index in [2.05, 4.69) is 56.9 Å². The highest BCUT2D eigenvalue weighted by atomic mass is 16.2. The van der Waals surface area contributed by atoms with Gasteiger partial charge in [0.25, 0.3) is 0 Å². The Labute approximate surface area is 185 Å². The van der Waals surface area contributed by atoms with Gasteiger partial charge in [0.15, 0.2) is 5.96 Å². The Balaban J connectivity index is 1.28. The molecule has 2 aromatic carbocycles. The molecule has 2 fully saturated rings. The number of likely N-dealkylation sites (tertiary alicyclic amines) is 2. The van der Waals surface area contributed by atoms with Gasteiger partial charge in [0.1, 0.15) is 0 Å². The summed E-state index contributed by atoms with van der Waals surface area (Å²) in [5, 5.41) is 6.53. The van der Waals surface area contributed by atoms with E-state index in [-0.39, 0.29) is 6.03 Å². The molecule has 4 rings (SSSR count). The third kappa shape index (κ3) is 5.78. The highest BCUT2D eigenvalue weighted by molar-refractivity contribution is 5.89. The summed E-state index contributed by atoms with van der Waals surface area (Å²) in [5.41, 5.74) is 3.38. The van der Waals surface area contributed by atoms with Crippen molar-refractivity contribution in [2.24, 2.45) is 10.9 Å². The minimum Gasteiger partial charge on any atom is -0.352 e. The molecule has 2 amide bonds. The lowest BCUT2D eigenvalue weighted by Gasteiger charge is -2.22. The van der Waals surface area contributed by atoms with Crippen LogP contribution in [0.1, 0.15) is 30.4 Å². The highest BCUT2D eigenvalue weighted by Crippen LogP contribution is 2.21. The predicted octanol–water partition coefficient (Wildman–Crippen LogP) is 3.95. The number of rotatable bonds is 5. The molecule has 2 aromatic rings. The number of urea groups is 1. The first kappa shape index (κ1) is 21.2. The maximum Gasteiger partial charge on any atom is 0.321 e. The summed E-state index contributed by atoms with van der Waals surface area (Å²) >= 11 is 0. The molecule has 2 N–H and O–H groups in total. The molecule has 0 saturated carbocycles. The Bertz CT molecular complexity index is 892. The predicted molar refractivity (Wildman–Crippen MR) is 126 cm³/mol. The summed E-state index contributed by atoms with van der Waals surface area (Å²) < 4.78 is 0. The van der Waals surface area contributed by atoms with Crippen LogP contribution in [0.4, 0.5) is 10.5 Å². The van der Waals surface area contributed by atoms with E-state index in [1.807, 2.05) is 30.1 Å². The first-order chi connectivity index (χ1) is 15.2. The van der Waals surface area contributed by atoms with Crippen LogP contribution in [-0.4, -0.2) is 55.0 Å². The lowest BCUT2D eigenvalue weighted by atomic mass is 9.99. The molecular weight excluding hydrogens is 386 g/mol. The van der Waals surface area contributed by atoms with Crippen LogP contribution in [-0.2, 0) is 13.0 Å². The molecule has 2 saturated heterocycles. The van der Waals surface area contributed by atoms with Crippen molar-refractivity contribution in [3.8, 4) is 0 Å². The molecule has 31 heavy (non-hydrogen) atoms. The van der Waals surface area contributed by atoms with Gasteiger partial charge in [-0.25, -0.2) is 4.79 Å². The van der Waals surface area contributed by atoms with Gasteiger partial charge in [-0.15, -0.1) is 0 Å². The number of nitrogens with one attached hydrogen (secondary N) is 2. The molecule has 0 radical (unpaired) electrons. The van der Waals surface area contributed by atoms with Crippen molar-refractivity contribution in [1.82, 2.24) is 15.1 Å². The molecule has 1 atom stereocenters. The molecule has 2 aliphatic rings. The normalized spacial score (nSPS) is 19.0. The Morgan fingerprint density at radius 1 is 1.00 bits per heavy atom. The van der Waals surface area contributed by atoms with E-state index in [0.717, 1.165) is 62.7 Å². The van der Waals surface area contributed by atoms with E-state index in [9.17, 15) is 4.79 Å². The highest BCUT2D eigenvalue weighted by Gasteiger charge is 2.25. The standard InChI is InChI=1S/C25H33N5O/c1-26-24(30-15-12-22(19-30)16-20-8-3-2-4-9-20)27-18-21-10-7-11-23(17-21)28-25(31)29-13-5-6-14-29/h2-4,7-11,17,22H,5-6,12-16,18-19H2,1H3,(H,26,27)(H,28,31). The molecule has 2 aliphatic heterocycles. The summed E-state index contributed by atoms with van der Waals surface area (Å²) in [4.78, 5) is 21.1. The number of amides is 2. The van der Waals surface area contributed by atoms with E-state index in [0.29, 0.717) is 12.5 Å². The molecule has 0 spiro atoms. The Morgan fingerprint density at radius 2 is 1.77 bits per heavy atom. The van der Waals surface area contributed by atoms with E-state index in [4.69, 9.17) is 0 Å². The largest absolute Gasteiger partial charge is 0.352 e. The second-order valence-corrected chi connectivity index (χ2v) is 8.52. The van der Waals surface area contributed by atoms with Gasteiger partial charge in [0, 0.05) is 45.5 Å². The lowest BCUT2D eigenvalue weighted by Crippen LogP contribution is -2.39. The second kappa shape index (κ2) is 10.3. The Morgan fingerprint density at radius 3 is 2.55 bits per heavy atom. The van der Waals surface area contributed by atoms with Crippen LogP contribution in [0, 0.1) is 5.92 Å². The van der Waals surface area contributed by atoms with Crippen molar-refractivity contribution in [3.63, 3.8) is 0 Å². The van der Waals surface area contributed by atoms with E-state index < -0.39 is 0 Å². The molecule has 6 heteroatoms. The van der Waals surface area contributed by atoms with Crippen LogP contribution >= 0.6 is 0 Å². The van der Waals surface area contributed by atoms with Crippen molar-refractivity contribution in [2.45, 2.75) is 32.2 Å². The maximum absolute atomic E-state index is 12.3. The third-order valence-electron chi connectivity index (χ3n) is 6.19. The van der Waals surface area contributed by atoms with Crippen LogP contribution in [0.25, 0.3) is 0 Å². The summed E-state index contributed by atoms with van der Waals surface area (Å²) in [6, 6.07) is 18.8. The van der Waals surface area contributed by atoms with Crippen LogP contribution in [0.2, 0.25) is 0 Å². The molecule has 164 valence electrons. The van der Waals surface area contributed by atoms with Crippen LogP contribution in [0.5, 0.6) is 0 Å². The van der Waals surface area contributed by atoms with Crippen LogP contribution in [0.3, 0.4) is 0 Å². The van der Waals surface area contributed by atoms with Gasteiger partial charge in [-0.05, 0) is 54.9 Å². The molecule has 0 aliphatic carbocycles. The monoisotopic (exact) mass is 419 g/mol. The fourth-order valence-corrected chi connectivity index (χ4v) is 4.53. The summed E-state index contributed by atoms with van der Waals surface area (Å²) in [6.45, 7) is 4.44. The summed E-state index contributed by atoms with van der Waals surface area (Å²) in [7, 11) is 1.85. The fraction of sp³-hybridized carbons (Fsp3) is 0.440. The first-order valence-corrected chi connectivity index (χ1v) is 11.4. The topological polar surface area (TPSA) is 60.0 Å². The minimum absolute atomic E-state index is 0.0000523. The Kier molecular flexibility index (Phi) is 7.07. The van der Waals surface area contributed by atoms with Crippen molar-refractivity contribution in [1.29, 1.82) is 0 Å². The number of guanidine groups is 1. The average Bonchev–Trinajstić information content (AvgIpc) is 3.48. The number of hydrogen-bond acceptors (Lipinski definition) is 2. The van der Waals surface area contributed by atoms with E-state index in [1.54, 1.807) is 0 Å². The minimum atomic E-state index is -0.0000523. The van der Waals surface area contributed by atoms with Crippen molar-refractivity contribution in [3.05, 3.63) is 65.7 Å². The average molecular weight is 420 g/mol. The van der Waals surface area contributed by atoms with Crippen molar-refractivity contribution >= 4 is 17.7 Å². The maximum atomic E-state index is 12.3. The second-order valence-electron chi connectivity index (χ2n) is 8.52. The van der Waals surface area contributed by atoms with Crippen molar-refractivity contribution in [2.75, 3.05) is 38.5 Å². The van der Waals surface area contributed by atoms with Gasteiger partial charge in [-0.1, -0.05) is 42.5 Å². The number of anilines is 1. The van der Waals surface area contributed by atoms with E-state index >= 15 is 0 Å². The number of carbonyl (C=O) groups excluding carboxylic acids is 1. The zero-order valence-electron chi connectivity index (χ0n) is 18.4. The van der Waals surface area contributed by atoms with Gasteiger partial charge in [0.05, 0.1) is 0 Å². The van der Waals surface area contributed by atoms with Gasteiger partial charge in [0.2, 0.25) is 0 Å². The van der Waals surface area contributed by atoms with Crippen LogP contribution in [0.15, 0.2) is 59.6 Å². The van der Waals surface area contributed by atoms with Gasteiger partial charge >= 0.3 is 6.03 Å². The molecule has 6 nitrogen and oxygen atoms in total. The lowest BCUT2D eigenvalue weighted by molar-refractivity contribution is 0.222. The number of benzene rings is 2. The molecule has 2 heterocycles. The van der Waals surface area contributed by atoms with Gasteiger partial charge in [-0.3, -0.25) is 4.99 Å². The smallest absolute Gasteiger partial charge is 0.321 e. The number of nitrogens with zero attached hydrogens (tertiary/aromatic N) is 3. The van der Waals surface area contributed by atoms with Crippen LogP contribution < -0.4 is 10.6 Å². The molecule has 0 aromatic heterocycles. The van der Waals surface area contributed by atoms with Crippen molar-refractivity contribution < 1.29 is 4.79 Å². The Hall–Kier alpha value is -3.02. The zero-order chi connectivity index (χ0) is 21.5. The SMILES string of the molecule is CN=C(NCc1cccc(NC(=O)N2CCCC2)c1)N1CCC(Cc2ccccc2)C1. The summed E-state index contributed by atoms with van der Waals surface area (Å²) in [6.07, 6.45) is 4.50. The third-order valence-corrected chi connectivity index (χ3v) is 6.19. The number of carbonyl (C=O) groups is 1. The summed E-state index contributed by atoms with van der Waals surface area (Å²) in [5.74, 6) is 1.60. The quantitative estimate of drug-likeness (QED) is 0.570. The van der Waals surface area contributed by atoms with E-state index in [1.165, 1.54) is 12.0 Å². The van der Waals surface area contributed by atoms with Gasteiger partial charge < -0.3 is 20.4 Å². The molecule has 0 bridgehead atoms. The molecular formula is C25H33N5O. The fourth-order valence-electron chi connectivity index (χ4n) is 4.53. The van der Waals surface area contributed by atoms with Gasteiger partial charge in [-0.2, -0.15) is 0 Å². The number of hydrogen-bond donors (Lipinski definition) is 2.